The summed E-state index contributed by atoms with van der Waals surface area (Å²) < 4.78 is 0. The van der Waals surface area contributed by atoms with Crippen LogP contribution < -0.4 is 0 Å². The lowest BCUT2D eigenvalue weighted by Crippen LogP contribution is -1.93. The minimum Gasteiger partial charge on any atom is -0.507 e. The molecule has 0 amide bonds. The molecule has 246 valence electrons. The molecule has 10 nitrogen and oxygen atoms in total. The number of fused-ring (bicyclic) bond motifs is 2. The van der Waals surface area contributed by atoms with Crippen molar-refractivity contribution in [3.8, 4) is 11.5 Å². The Morgan fingerprint density at radius 2 is 0.920 bits per heavy atom. The van der Waals surface area contributed by atoms with Gasteiger partial charge in [0.05, 0.1) is 46.5 Å². The van der Waals surface area contributed by atoms with Crippen LogP contribution in [0.2, 0.25) is 0 Å². The zero-order valence-corrected chi connectivity index (χ0v) is 27.5. The summed E-state index contributed by atoms with van der Waals surface area (Å²) in [5.41, 5.74) is 9.45. The number of hydrogen-bond acceptors (Lipinski definition) is 8. The molecule has 0 aliphatic rings. The summed E-state index contributed by atoms with van der Waals surface area (Å²) in [6.07, 6.45) is 6.59. The molecule has 0 saturated carbocycles. The molecular weight excluding hydrogens is 624 g/mol. The largest absolute Gasteiger partial charge is 0.507 e. The number of phenols is 2. The molecule has 0 fully saturated rings. The van der Waals surface area contributed by atoms with Gasteiger partial charge >= 0.3 is 0 Å². The lowest BCUT2D eigenvalue weighted by Gasteiger charge is -2.06. The number of nitrogens with zero attached hydrogens (tertiary/aromatic N) is 6. The van der Waals surface area contributed by atoms with Gasteiger partial charge in [0, 0.05) is 47.1 Å². The number of para-hydroxylation sites is 4. The predicted octanol–water partition coefficient (Wildman–Crippen LogP) is 8.21. The van der Waals surface area contributed by atoms with Gasteiger partial charge in [-0.2, -0.15) is 0 Å². The predicted molar refractivity (Wildman–Crippen MR) is 201 cm³/mol. The number of phenolic OH excluding ortho intramolecular Hbond substituents is 2. The molecular formula is C40H34N8O2. The van der Waals surface area contributed by atoms with Gasteiger partial charge in [-0.3, -0.25) is 20.0 Å². The molecule has 0 unspecified atom stereocenters. The Morgan fingerprint density at radius 3 is 1.32 bits per heavy atom. The van der Waals surface area contributed by atoms with Gasteiger partial charge in [-0.15, -0.1) is 0 Å². The molecule has 10 heteroatoms. The number of rotatable bonds is 10. The molecule has 0 saturated heterocycles. The summed E-state index contributed by atoms with van der Waals surface area (Å²) >= 11 is 0. The van der Waals surface area contributed by atoms with E-state index in [1.165, 1.54) is 0 Å². The van der Waals surface area contributed by atoms with Crippen LogP contribution in [0.5, 0.6) is 11.5 Å². The maximum atomic E-state index is 11.0. The van der Waals surface area contributed by atoms with E-state index in [9.17, 15) is 10.2 Å². The smallest absolute Gasteiger partial charge is 0.133 e. The number of aromatic nitrogens is 4. The first-order valence-corrected chi connectivity index (χ1v) is 16.1. The molecule has 0 atom stereocenters. The zero-order valence-electron chi connectivity index (χ0n) is 27.5. The van der Waals surface area contributed by atoms with Gasteiger partial charge in [0.1, 0.15) is 23.1 Å². The van der Waals surface area contributed by atoms with Crippen LogP contribution in [0, 0.1) is 13.8 Å². The fourth-order valence-corrected chi connectivity index (χ4v) is 5.60. The monoisotopic (exact) mass is 658 g/mol. The third-order valence-corrected chi connectivity index (χ3v) is 8.00. The van der Waals surface area contributed by atoms with Gasteiger partial charge in [0.25, 0.3) is 0 Å². The Bertz CT molecular complexity index is 2200. The molecule has 0 radical (unpaired) electrons. The van der Waals surface area contributed by atoms with Gasteiger partial charge in [-0.25, -0.2) is 9.97 Å². The van der Waals surface area contributed by atoms with E-state index < -0.39 is 0 Å². The molecule has 7 aromatic rings. The first-order chi connectivity index (χ1) is 24.4. The molecule has 0 bridgehead atoms. The highest BCUT2D eigenvalue weighted by molar-refractivity contribution is 5.94. The van der Waals surface area contributed by atoms with Crippen molar-refractivity contribution in [1.29, 1.82) is 0 Å². The highest BCUT2D eigenvalue weighted by Crippen LogP contribution is 2.26. The maximum absolute atomic E-state index is 11.0. The molecule has 5 aromatic carbocycles. The summed E-state index contributed by atoms with van der Waals surface area (Å²) in [5.74, 6) is 1.71. The number of benzene rings is 5. The summed E-state index contributed by atoms with van der Waals surface area (Å²) in [7, 11) is 0. The molecule has 4 N–H and O–H groups in total. The number of H-pyrrole nitrogens is 2. The van der Waals surface area contributed by atoms with E-state index in [2.05, 4.69) is 39.9 Å². The third kappa shape index (κ3) is 7.39. The number of aliphatic imine (C=N–C) groups is 4. The Kier molecular flexibility index (Phi) is 9.06. The normalized spacial score (nSPS) is 12.2. The molecule has 7 rings (SSSR count). The Morgan fingerprint density at radius 1 is 0.540 bits per heavy atom. The average Bonchev–Trinajstić information content (AvgIpc) is 3.73. The standard InChI is InChI=1S/C40H34N8O2/c1-25-15-27(19-41-23-37-45-33-7-3-4-8-34(33)46-37)39(49)29(17-25)21-43-31-11-13-32(14-12-31)44-22-30-18-26(2)16-28(40(30)50)20-42-24-38-47-35-9-5-6-10-36(35)48-38/h3-22,49-50H,23-24H2,1-2H3,(H,45,46)(H,47,48). The second kappa shape index (κ2) is 14.2. The summed E-state index contributed by atoms with van der Waals surface area (Å²) in [6.45, 7) is 4.65. The van der Waals surface area contributed by atoms with E-state index in [1.54, 1.807) is 24.9 Å². The van der Waals surface area contributed by atoms with Crippen LogP contribution in [0.15, 0.2) is 117 Å². The molecule has 2 aromatic heterocycles. The SMILES string of the molecule is Cc1cc(C=NCc2nc3ccccc3[nH]2)c(O)c(C=Nc2ccc(N=Cc3cc(C)cc(C=NCc4nc5ccccc5[nH]4)c3O)cc2)c1. The first kappa shape index (κ1) is 31.9. The van der Waals surface area contributed by atoms with Crippen LogP contribution in [-0.4, -0.2) is 55.0 Å². The molecule has 0 aliphatic carbocycles. The second-order valence-corrected chi connectivity index (χ2v) is 12.0. The van der Waals surface area contributed by atoms with Crippen LogP contribution in [0.1, 0.15) is 45.0 Å². The van der Waals surface area contributed by atoms with E-state index >= 15 is 0 Å². The number of imidazole rings is 2. The van der Waals surface area contributed by atoms with Crippen LogP contribution in [0.25, 0.3) is 22.1 Å². The maximum Gasteiger partial charge on any atom is 0.133 e. The van der Waals surface area contributed by atoms with Crippen molar-refractivity contribution in [2.45, 2.75) is 26.9 Å². The Hall–Kier alpha value is -6.68. The van der Waals surface area contributed by atoms with Gasteiger partial charge in [-0.1, -0.05) is 24.3 Å². The van der Waals surface area contributed by atoms with Crippen LogP contribution in [-0.2, 0) is 13.1 Å². The summed E-state index contributed by atoms with van der Waals surface area (Å²) in [4.78, 5) is 33.8. The molecule has 0 aliphatic heterocycles. The van der Waals surface area contributed by atoms with Crippen molar-refractivity contribution < 1.29 is 10.2 Å². The van der Waals surface area contributed by atoms with Gasteiger partial charge in [0.2, 0.25) is 0 Å². The number of aryl methyl sites for hydroxylation is 2. The van der Waals surface area contributed by atoms with Crippen molar-refractivity contribution in [2.75, 3.05) is 0 Å². The van der Waals surface area contributed by atoms with Crippen molar-refractivity contribution in [1.82, 2.24) is 19.9 Å². The number of aromatic hydroxyl groups is 2. The number of aromatic amines is 2. The molecule has 2 heterocycles. The Balaban J connectivity index is 1.00. The second-order valence-electron chi connectivity index (χ2n) is 12.0. The van der Waals surface area contributed by atoms with E-state index in [0.717, 1.165) is 44.8 Å². The van der Waals surface area contributed by atoms with Crippen molar-refractivity contribution in [3.05, 3.63) is 142 Å². The fourth-order valence-electron chi connectivity index (χ4n) is 5.60. The first-order valence-electron chi connectivity index (χ1n) is 16.1. The Labute approximate surface area is 288 Å². The van der Waals surface area contributed by atoms with Gasteiger partial charge < -0.3 is 20.2 Å². The summed E-state index contributed by atoms with van der Waals surface area (Å²) in [6, 6.07) is 30.6. The minimum atomic E-state index is 0.103. The van der Waals surface area contributed by atoms with Crippen molar-refractivity contribution >= 4 is 58.3 Å². The topological polar surface area (TPSA) is 147 Å². The average molecular weight is 659 g/mol. The van der Waals surface area contributed by atoms with Crippen LogP contribution >= 0.6 is 0 Å². The fraction of sp³-hybridized carbons (Fsp3) is 0.100. The quantitative estimate of drug-likeness (QED) is 0.110. The van der Waals surface area contributed by atoms with E-state index in [-0.39, 0.29) is 11.5 Å². The summed E-state index contributed by atoms with van der Waals surface area (Å²) in [5, 5.41) is 21.9. The van der Waals surface area contributed by atoms with Crippen molar-refractivity contribution in [2.24, 2.45) is 20.0 Å². The highest BCUT2D eigenvalue weighted by atomic mass is 16.3. The number of nitrogens with one attached hydrogen (secondary N) is 2. The minimum absolute atomic E-state index is 0.103. The van der Waals surface area contributed by atoms with Crippen LogP contribution in [0.3, 0.4) is 0 Å². The van der Waals surface area contributed by atoms with E-state index in [1.807, 2.05) is 111 Å². The van der Waals surface area contributed by atoms with Gasteiger partial charge in [-0.05, 0) is 97.8 Å². The molecule has 50 heavy (non-hydrogen) atoms. The van der Waals surface area contributed by atoms with E-state index in [0.29, 0.717) is 46.7 Å². The van der Waals surface area contributed by atoms with Crippen LogP contribution in [0.4, 0.5) is 11.4 Å². The van der Waals surface area contributed by atoms with E-state index in [4.69, 9.17) is 0 Å². The number of hydrogen-bond donors (Lipinski definition) is 4. The lowest BCUT2D eigenvalue weighted by molar-refractivity contribution is 0.473. The zero-order chi connectivity index (χ0) is 34.5. The molecule has 0 spiro atoms. The highest BCUT2D eigenvalue weighted by Gasteiger charge is 2.08. The van der Waals surface area contributed by atoms with Gasteiger partial charge in [0.15, 0.2) is 0 Å². The van der Waals surface area contributed by atoms with Crippen molar-refractivity contribution in [3.63, 3.8) is 0 Å². The lowest BCUT2D eigenvalue weighted by atomic mass is 10.1. The third-order valence-electron chi connectivity index (χ3n) is 8.00.